The van der Waals surface area contributed by atoms with Gasteiger partial charge in [-0.25, -0.2) is 9.80 Å². The molecule has 8 heteroatoms. The molecule has 0 radical (unpaired) electrons. The van der Waals surface area contributed by atoms with Gasteiger partial charge in [0.2, 0.25) is 0 Å². The average Bonchev–Trinajstić information content (AvgIpc) is 2.79. The van der Waals surface area contributed by atoms with Crippen molar-refractivity contribution in [2.75, 3.05) is 6.54 Å². The normalized spacial score (nSPS) is 13.4. The maximum Gasteiger partial charge on any atom is 0.422 e. The Morgan fingerprint density at radius 2 is 1.79 bits per heavy atom. The Kier molecular flexibility index (Phi) is 8.70. The smallest absolute Gasteiger partial charge is 0.422 e. The SMILES string of the molecule is CC(C)(C)OC(=O)NN(Cc1ccc(-c2cnccn2)cc1)CC(O)C(N)Cc1ccccc1. The van der Waals surface area contributed by atoms with Crippen molar-refractivity contribution in [2.45, 2.75) is 51.5 Å². The highest BCUT2D eigenvalue weighted by Crippen LogP contribution is 2.17. The number of benzene rings is 2. The van der Waals surface area contributed by atoms with Crippen LogP contribution in [0.2, 0.25) is 0 Å². The summed E-state index contributed by atoms with van der Waals surface area (Å²) in [6.07, 6.45) is 4.05. The Morgan fingerprint density at radius 1 is 1.09 bits per heavy atom. The molecule has 0 spiro atoms. The van der Waals surface area contributed by atoms with Crippen LogP contribution in [-0.2, 0) is 17.7 Å². The first-order valence-electron chi connectivity index (χ1n) is 11.3. The minimum absolute atomic E-state index is 0.138. The van der Waals surface area contributed by atoms with E-state index >= 15 is 0 Å². The van der Waals surface area contributed by atoms with E-state index in [-0.39, 0.29) is 6.54 Å². The zero-order valence-electron chi connectivity index (χ0n) is 19.9. The van der Waals surface area contributed by atoms with Crippen molar-refractivity contribution in [3.8, 4) is 11.3 Å². The Bertz CT molecular complexity index is 1020. The van der Waals surface area contributed by atoms with E-state index in [9.17, 15) is 9.90 Å². The number of hydrazine groups is 1. The lowest BCUT2D eigenvalue weighted by Crippen LogP contribution is -2.51. The zero-order chi connectivity index (χ0) is 24.6. The number of nitrogens with two attached hydrogens (primary N) is 1. The summed E-state index contributed by atoms with van der Waals surface area (Å²) in [6.45, 7) is 5.89. The van der Waals surface area contributed by atoms with Gasteiger partial charge in [-0.3, -0.25) is 15.4 Å². The molecular weight excluding hydrogens is 430 g/mol. The molecule has 0 bridgehead atoms. The number of hydrogen-bond donors (Lipinski definition) is 3. The van der Waals surface area contributed by atoms with Crippen LogP contribution in [0.3, 0.4) is 0 Å². The van der Waals surface area contributed by atoms with Crippen LogP contribution in [0.25, 0.3) is 11.3 Å². The second-order valence-corrected chi connectivity index (χ2v) is 9.20. The van der Waals surface area contributed by atoms with Crippen molar-refractivity contribution in [1.82, 2.24) is 20.4 Å². The second-order valence-electron chi connectivity index (χ2n) is 9.20. The molecule has 0 saturated heterocycles. The maximum absolute atomic E-state index is 12.4. The summed E-state index contributed by atoms with van der Waals surface area (Å²) < 4.78 is 5.40. The third-order valence-corrected chi connectivity index (χ3v) is 5.05. The first-order valence-corrected chi connectivity index (χ1v) is 11.3. The van der Waals surface area contributed by atoms with Crippen molar-refractivity contribution in [3.05, 3.63) is 84.3 Å². The molecule has 0 aliphatic rings. The van der Waals surface area contributed by atoms with Gasteiger partial charge in [0.25, 0.3) is 0 Å². The molecule has 1 heterocycles. The van der Waals surface area contributed by atoms with Crippen LogP contribution in [0.5, 0.6) is 0 Å². The highest BCUT2D eigenvalue weighted by atomic mass is 16.6. The number of carbonyl (C=O) groups excluding carboxylic acids is 1. The van der Waals surface area contributed by atoms with Gasteiger partial charge in [0, 0.05) is 37.1 Å². The van der Waals surface area contributed by atoms with Gasteiger partial charge in [-0.1, -0.05) is 54.6 Å². The van der Waals surface area contributed by atoms with E-state index in [1.165, 1.54) is 0 Å². The molecular formula is C26H33N5O3. The molecule has 2 atom stereocenters. The van der Waals surface area contributed by atoms with Crippen molar-refractivity contribution in [2.24, 2.45) is 5.73 Å². The van der Waals surface area contributed by atoms with E-state index in [1.54, 1.807) is 44.4 Å². The number of aromatic nitrogens is 2. The van der Waals surface area contributed by atoms with E-state index in [0.29, 0.717) is 13.0 Å². The molecule has 0 fully saturated rings. The number of rotatable bonds is 9. The molecule has 0 saturated carbocycles. The van der Waals surface area contributed by atoms with Crippen molar-refractivity contribution in [3.63, 3.8) is 0 Å². The Labute approximate surface area is 200 Å². The molecule has 1 aromatic heterocycles. The van der Waals surface area contributed by atoms with Crippen LogP contribution in [-0.4, -0.2) is 50.5 Å². The molecule has 3 aromatic rings. The van der Waals surface area contributed by atoms with E-state index in [2.05, 4.69) is 15.4 Å². The highest BCUT2D eigenvalue weighted by molar-refractivity contribution is 5.67. The van der Waals surface area contributed by atoms with Gasteiger partial charge in [0.05, 0.1) is 18.0 Å². The molecule has 34 heavy (non-hydrogen) atoms. The van der Waals surface area contributed by atoms with Gasteiger partial charge in [0.1, 0.15) is 5.60 Å². The molecule has 180 valence electrons. The molecule has 2 unspecified atom stereocenters. The summed E-state index contributed by atoms with van der Waals surface area (Å²) in [5, 5.41) is 12.4. The summed E-state index contributed by atoms with van der Waals surface area (Å²) >= 11 is 0. The summed E-state index contributed by atoms with van der Waals surface area (Å²) in [6, 6.07) is 17.1. The first-order chi connectivity index (χ1) is 16.2. The lowest BCUT2D eigenvalue weighted by atomic mass is 10.0. The number of hydrogen-bond acceptors (Lipinski definition) is 7. The number of ether oxygens (including phenoxy) is 1. The fraction of sp³-hybridized carbons (Fsp3) is 0.346. The van der Waals surface area contributed by atoms with Gasteiger partial charge in [0.15, 0.2) is 0 Å². The van der Waals surface area contributed by atoms with Crippen LogP contribution in [0.4, 0.5) is 4.79 Å². The van der Waals surface area contributed by atoms with Gasteiger partial charge in [-0.15, -0.1) is 0 Å². The fourth-order valence-electron chi connectivity index (χ4n) is 3.41. The third kappa shape index (κ3) is 8.22. The third-order valence-electron chi connectivity index (χ3n) is 5.05. The number of nitrogens with one attached hydrogen (secondary N) is 1. The molecule has 1 amide bonds. The van der Waals surface area contributed by atoms with Crippen LogP contribution in [0.15, 0.2) is 73.2 Å². The fourth-order valence-corrected chi connectivity index (χ4v) is 3.41. The van der Waals surface area contributed by atoms with Crippen molar-refractivity contribution >= 4 is 6.09 Å². The monoisotopic (exact) mass is 463 g/mol. The van der Waals surface area contributed by atoms with Crippen molar-refractivity contribution < 1.29 is 14.6 Å². The predicted octanol–water partition coefficient (Wildman–Crippen LogP) is 3.32. The molecule has 3 rings (SSSR count). The second kappa shape index (κ2) is 11.7. The number of aliphatic hydroxyl groups is 1. The Morgan fingerprint density at radius 3 is 2.41 bits per heavy atom. The van der Waals surface area contributed by atoms with Crippen LogP contribution in [0.1, 0.15) is 31.9 Å². The van der Waals surface area contributed by atoms with E-state index in [1.807, 2.05) is 54.6 Å². The van der Waals surface area contributed by atoms with Gasteiger partial charge >= 0.3 is 6.09 Å². The number of nitrogens with zero attached hydrogens (tertiary/aromatic N) is 3. The molecule has 2 aromatic carbocycles. The van der Waals surface area contributed by atoms with E-state index in [4.69, 9.17) is 10.5 Å². The minimum Gasteiger partial charge on any atom is -0.443 e. The topological polar surface area (TPSA) is 114 Å². The number of aliphatic hydroxyl groups excluding tert-OH is 1. The summed E-state index contributed by atoms with van der Waals surface area (Å²) in [5.74, 6) is 0. The molecule has 0 aliphatic carbocycles. The average molecular weight is 464 g/mol. The zero-order valence-corrected chi connectivity index (χ0v) is 19.9. The molecule has 0 aliphatic heterocycles. The van der Waals surface area contributed by atoms with Crippen LogP contribution < -0.4 is 11.2 Å². The number of carbonyl (C=O) groups is 1. The minimum atomic E-state index is -0.867. The Balaban J connectivity index is 1.69. The summed E-state index contributed by atoms with van der Waals surface area (Å²) in [7, 11) is 0. The quantitative estimate of drug-likeness (QED) is 0.417. The van der Waals surface area contributed by atoms with E-state index < -0.39 is 23.8 Å². The molecule has 4 N–H and O–H groups in total. The molecule has 8 nitrogen and oxygen atoms in total. The summed E-state index contributed by atoms with van der Waals surface area (Å²) in [4.78, 5) is 20.9. The van der Waals surface area contributed by atoms with Crippen LogP contribution in [0, 0.1) is 0 Å². The maximum atomic E-state index is 12.4. The van der Waals surface area contributed by atoms with Gasteiger partial charge in [-0.05, 0) is 38.3 Å². The Hall–Kier alpha value is -3.33. The summed E-state index contributed by atoms with van der Waals surface area (Å²) in [5.41, 5.74) is 12.1. The van der Waals surface area contributed by atoms with E-state index in [0.717, 1.165) is 22.4 Å². The highest BCUT2D eigenvalue weighted by Gasteiger charge is 2.23. The van der Waals surface area contributed by atoms with Gasteiger partial charge in [-0.2, -0.15) is 0 Å². The standard InChI is InChI=1S/C26H33N5O3/c1-26(2,3)34-25(33)30-31(18-24(32)22(27)15-19-7-5-4-6-8-19)17-20-9-11-21(12-10-20)23-16-28-13-14-29-23/h4-14,16,22,24,32H,15,17-18,27H2,1-3H3,(H,30,33). The lowest BCUT2D eigenvalue weighted by Gasteiger charge is -2.29. The largest absolute Gasteiger partial charge is 0.443 e. The number of amides is 1. The van der Waals surface area contributed by atoms with Crippen molar-refractivity contribution in [1.29, 1.82) is 0 Å². The first kappa shape index (κ1) is 25.3. The lowest BCUT2D eigenvalue weighted by molar-refractivity contribution is 0.0171. The predicted molar refractivity (Wildman–Crippen MR) is 131 cm³/mol. The van der Waals surface area contributed by atoms with Crippen LogP contribution >= 0.6 is 0 Å². The van der Waals surface area contributed by atoms with Gasteiger partial charge < -0.3 is 15.6 Å².